The summed E-state index contributed by atoms with van der Waals surface area (Å²) in [5.74, 6) is 0.660. The molecule has 0 unspecified atom stereocenters. The molecular weight excluding hydrogens is 386 g/mol. The quantitative estimate of drug-likeness (QED) is 0.652. The van der Waals surface area contributed by atoms with Crippen LogP contribution in [0.15, 0.2) is 52.9 Å². The van der Waals surface area contributed by atoms with E-state index in [1.807, 2.05) is 36.4 Å². The first-order chi connectivity index (χ1) is 13.0. The lowest BCUT2D eigenvalue weighted by Gasteiger charge is -2.33. The molecule has 142 valence electrons. The molecule has 6 nitrogen and oxygen atoms in total. The maximum absolute atomic E-state index is 12.6. The summed E-state index contributed by atoms with van der Waals surface area (Å²) < 4.78 is 32.6. The van der Waals surface area contributed by atoms with Crippen molar-refractivity contribution >= 4 is 32.7 Å². The molecule has 1 aliphatic heterocycles. The minimum Gasteiger partial charge on any atom is -0.439 e. The molecule has 2 heterocycles. The molecule has 2 aromatic carbocycles. The van der Waals surface area contributed by atoms with Crippen LogP contribution in [0.5, 0.6) is 0 Å². The summed E-state index contributed by atoms with van der Waals surface area (Å²) in [5.41, 5.74) is 2.25. The Hall–Kier alpha value is -1.93. The summed E-state index contributed by atoms with van der Waals surface area (Å²) >= 11 is 5.98. The highest BCUT2D eigenvalue weighted by atomic mass is 35.5. The van der Waals surface area contributed by atoms with Crippen LogP contribution in [-0.2, 0) is 22.3 Å². The number of aromatic nitrogens is 1. The van der Waals surface area contributed by atoms with Crippen molar-refractivity contribution in [3.8, 4) is 0 Å². The third-order valence-corrected chi connectivity index (χ3v) is 6.75. The van der Waals surface area contributed by atoms with E-state index in [0.717, 1.165) is 11.1 Å². The standard InChI is InChI=1S/C19H20ClN3O3S/c20-16-6-7-18-17(12-16)21-19(26-18)13-22-8-10-23(11-9-22)27(24,25)14-15-4-2-1-3-5-15/h1-7,12H,8-11,13-14H2. The third-order valence-electron chi connectivity index (χ3n) is 4.67. The zero-order valence-electron chi connectivity index (χ0n) is 14.7. The molecule has 0 amide bonds. The zero-order valence-corrected chi connectivity index (χ0v) is 16.3. The average Bonchev–Trinajstić information content (AvgIpc) is 3.04. The molecular formula is C19H20ClN3O3S. The van der Waals surface area contributed by atoms with Crippen molar-refractivity contribution < 1.29 is 12.8 Å². The molecule has 0 bridgehead atoms. The first-order valence-corrected chi connectivity index (χ1v) is 10.8. The van der Waals surface area contributed by atoms with Gasteiger partial charge in [0.2, 0.25) is 15.9 Å². The number of nitrogens with zero attached hydrogens (tertiary/aromatic N) is 3. The Morgan fingerprint density at radius 1 is 1.04 bits per heavy atom. The Labute approximate surface area is 163 Å². The molecule has 0 saturated carbocycles. The monoisotopic (exact) mass is 405 g/mol. The van der Waals surface area contributed by atoms with Crippen LogP contribution in [0, 0.1) is 0 Å². The molecule has 1 aliphatic rings. The first kappa shape index (κ1) is 18.4. The van der Waals surface area contributed by atoms with Gasteiger partial charge in [-0.25, -0.2) is 13.4 Å². The van der Waals surface area contributed by atoms with E-state index in [4.69, 9.17) is 16.0 Å². The van der Waals surface area contributed by atoms with Crippen molar-refractivity contribution in [2.75, 3.05) is 26.2 Å². The van der Waals surface area contributed by atoms with E-state index >= 15 is 0 Å². The smallest absolute Gasteiger partial charge is 0.218 e. The summed E-state index contributed by atoms with van der Waals surface area (Å²) in [6, 6.07) is 14.6. The summed E-state index contributed by atoms with van der Waals surface area (Å²) in [6.45, 7) is 2.79. The summed E-state index contributed by atoms with van der Waals surface area (Å²) in [6.07, 6.45) is 0. The van der Waals surface area contributed by atoms with Gasteiger partial charge in [0, 0.05) is 31.2 Å². The summed E-state index contributed by atoms with van der Waals surface area (Å²) in [7, 11) is -3.31. The number of hydrogen-bond donors (Lipinski definition) is 0. The molecule has 1 aromatic heterocycles. The number of benzene rings is 2. The van der Waals surface area contributed by atoms with Gasteiger partial charge in [-0.3, -0.25) is 4.90 Å². The highest BCUT2D eigenvalue weighted by Crippen LogP contribution is 2.21. The highest BCUT2D eigenvalue weighted by molar-refractivity contribution is 7.88. The molecule has 1 saturated heterocycles. The molecule has 1 fully saturated rings. The molecule has 0 aliphatic carbocycles. The van der Waals surface area contributed by atoms with Gasteiger partial charge in [-0.1, -0.05) is 41.9 Å². The number of oxazole rings is 1. The van der Waals surface area contributed by atoms with E-state index in [0.29, 0.717) is 49.2 Å². The van der Waals surface area contributed by atoms with Crippen LogP contribution in [0.3, 0.4) is 0 Å². The number of fused-ring (bicyclic) bond motifs is 1. The molecule has 0 radical (unpaired) electrons. The zero-order chi connectivity index (χ0) is 18.9. The first-order valence-electron chi connectivity index (χ1n) is 8.79. The molecule has 0 spiro atoms. The van der Waals surface area contributed by atoms with Gasteiger partial charge in [-0.15, -0.1) is 0 Å². The lowest BCUT2D eigenvalue weighted by molar-refractivity contribution is 0.169. The number of sulfonamides is 1. The fourth-order valence-corrected chi connectivity index (χ4v) is 4.93. The number of piperazine rings is 1. The molecule has 8 heteroatoms. The van der Waals surface area contributed by atoms with Crippen molar-refractivity contribution in [1.29, 1.82) is 0 Å². The van der Waals surface area contributed by atoms with Crippen LogP contribution in [-0.4, -0.2) is 48.8 Å². The number of halogens is 1. The predicted molar refractivity (Wildman–Crippen MR) is 105 cm³/mol. The van der Waals surface area contributed by atoms with Crippen molar-refractivity contribution in [1.82, 2.24) is 14.2 Å². The van der Waals surface area contributed by atoms with E-state index in [-0.39, 0.29) is 5.75 Å². The molecule has 0 atom stereocenters. The van der Waals surface area contributed by atoms with Gasteiger partial charge < -0.3 is 4.42 Å². The lowest BCUT2D eigenvalue weighted by atomic mass is 10.2. The fraction of sp³-hybridized carbons (Fsp3) is 0.316. The van der Waals surface area contributed by atoms with Gasteiger partial charge in [0.1, 0.15) is 5.52 Å². The normalized spacial score (nSPS) is 16.8. The minimum absolute atomic E-state index is 0.0414. The Bertz CT molecular complexity index is 1030. The second kappa shape index (κ2) is 7.59. The van der Waals surface area contributed by atoms with E-state index in [9.17, 15) is 8.42 Å². The Morgan fingerprint density at radius 2 is 1.78 bits per heavy atom. The second-order valence-corrected chi connectivity index (χ2v) is 9.04. The Balaban J connectivity index is 1.36. The van der Waals surface area contributed by atoms with E-state index in [1.54, 1.807) is 16.4 Å². The number of rotatable bonds is 5. The minimum atomic E-state index is -3.31. The lowest BCUT2D eigenvalue weighted by Crippen LogP contribution is -2.48. The van der Waals surface area contributed by atoms with Crippen molar-refractivity contribution in [3.05, 3.63) is 65.0 Å². The van der Waals surface area contributed by atoms with Crippen molar-refractivity contribution in [2.45, 2.75) is 12.3 Å². The van der Waals surface area contributed by atoms with Crippen LogP contribution in [0.1, 0.15) is 11.5 Å². The molecule has 27 heavy (non-hydrogen) atoms. The Kier molecular flexibility index (Phi) is 5.19. The Morgan fingerprint density at radius 3 is 2.52 bits per heavy atom. The van der Waals surface area contributed by atoms with E-state index in [1.165, 1.54) is 0 Å². The maximum Gasteiger partial charge on any atom is 0.218 e. The van der Waals surface area contributed by atoms with Gasteiger partial charge in [0.05, 0.1) is 12.3 Å². The van der Waals surface area contributed by atoms with Gasteiger partial charge in [-0.2, -0.15) is 4.31 Å². The van der Waals surface area contributed by atoms with Crippen molar-refractivity contribution in [2.24, 2.45) is 0 Å². The highest BCUT2D eigenvalue weighted by Gasteiger charge is 2.27. The largest absolute Gasteiger partial charge is 0.439 e. The van der Waals surface area contributed by atoms with Crippen LogP contribution in [0.25, 0.3) is 11.1 Å². The summed E-state index contributed by atoms with van der Waals surface area (Å²) in [5, 5.41) is 0.625. The van der Waals surface area contributed by atoms with Gasteiger partial charge in [0.25, 0.3) is 0 Å². The summed E-state index contributed by atoms with van der Waals surface area (Å²) in [4.78, 5) is 6.62. The van der Waals surface area contributed by atoms with E-state index < -0.39 is 10.0 Å². The van der Waals surface area contributed by atoms with Gasteiger partial charge >= 0.3 is 0 Å². The van der Waals surface area contributed by atoms with Crippen LogP contribution >= 0.6 is 11.6 Å². The third kappa shape index (κ3) is 4.32. The van der Waals surface area contributed by atoms with Gasteiger partial charge in [0.15, 0.2) is 5.58 Å². The average molecular weight is 406 g/mol. The SMILES string of the molecule is O=S(=O)(Cc1ccccc1)N1CCN(Cc2nc3cc(Cl)ccc3o2)CC1. The molecule has 3 aromatic rings. The maximum atomic E-state index is 12.6. The second-order valence-electron chi connectivity index (χ2n) is 6.64. The van der Waals surface area contributed by atoms with Crippen molar-refractivity contribution in [3.63, 3.8) is 0 Å². The van der Waals surface area contributed by atoms with Crippen LogP contribution in [0.2, 0.25) is 5.02 Å². The fourth-order valence-electron chi connectivity index (χ4n) is 3.25. The number of hydrogen-bond acceptors (Lipinski definition) is 5. The topological polar surface area (TPSA) is 66.7 Å². The predicted octanol–water partition coefficient (Wildman–Crippen LogP) is 3.13. The molecule has 0 N–H and O–H groups in total. The van der Waals surface area contributed by atoms with Gasteiger partial charge in [-0.05, 0) is 23.8 Å². The van der Waals surface area contributed by atoms with Crippen LogP contribution < -0.4 is 0 Å². The molecule has 4 rings (SSSR count). The van der Waals surface area contributed by atoms with Crippen LogP contribution in [0.4, 0.5) is 0 Å². The van der Waals surface area contributed by atoms with E-state index in [2.05, 4.69) is 9.88 Å².